The summed E-state index contributed by atoms with van der Waals surface area (Å²) in [6, 6.07) is 9.44. The molecule has 0 radical (unpaired) electrons. The maximum absolute atomic E-state index is 9.55. The van der Waals surface area contributed by atoms with Gasteiger partial charge < -0.3 is 15.2 Å². The van der Waals surface area contributed by atoms with Crippen molar-refractivity contribution in [1.29, 1.82) is 5.26 Å². The van der Waals surface area contributed by atoms with Gasteiger partial charge in [0.2, 0.25) is 0 Å². The van der Waals surface area contributed by atoms with E-state index in [1.54, 1.807) is 12.1 Å². The van der Waals surface area contributed by atoms with Gasteiger partial charge in [-0.05, 0) is 42.0 Å². The first kappa shape index (κ1) is 18.0. The lowest BCUT2D eigenvalue weighted by atomic mass is 9.92. The molecule has 0 aliphatic carbocycles. The van der Waals surface area contributed by atoms with Crippen molar-refractivity contribution in [2.24, 2.45) is 11.8 Å². The van der Waals surface area contributed by atoms with Crippen LogP contribution < -0.4 is 10.6 Å². The van der Waals surface area contributed by atoms with Crippen molar-refractivity contribution in [3.05, 3.63) is 45.6 Å². The molecule has 2 atom stereocenters. The lowest BCUT2D eigenvalue weighted by Gasteiger charge is -2.37. The van der Waals surface area contributed by atoms with Crippen molar-refractivity contribution < 1.29 is 0 Å². The summed E-state index contributed by atoms with van der Waals surface area (Å²) in [7, 11) is 0. The maximum Gasteiger partial charge on any atom is 0.133 e. The number of nitriles is 1. The van der Waals surface area contributed by atoms with Crippen LogP contribution in [-0.4, -0.2) is 17.7 Å². The second kappa shape index (κ2) is 7.19. The quantitative estimate of drug-likeness (QED) is 0.838. The predicted octanol–water partition coefficient (Wildman–Crippen LogP) is 4.78. The highest BCUT2D eigenvalue weighted by Gasteiger charge is 2.27. The van der Waals surface area contributed by atoms with Crippen molar-refractivity contribution in [2.75, 3.05) is 23.7 Å². The van der Waals surface area contributed by atoms with E-state index >= 15 is 0 Å². The average Bonchev–Trinajstić information content (AvgIpc) is 2.84. The minimum absolute atomic E-state index is 0.491. The molecule has 0 amide bonds. The van der Waals surface area contributed by atoms with E-state index in [0.717, 1.165) is 24.5 Å². The van der Waals surface area contributed by atoms with Crippen molar-refractivity contribution in [2.45, 2.75) is 26.8 Å². The number of aromatic nitrogens is 1. The van der Waals surface area contributed by atoms with Gasteiger partial charge in [-0.15, -0.1) is 0 Å². The highest BCUT2D eigenvalue weighted by atomic mass is 35.5. The van der Waals surface area contributed by atoms with Gasteiger partial charge in [-0.1, -0.05) is 43.1 Å². The third kappa shape index (κ3) is 3.73. The Kier molecular flexibility index (Phi) is 5.17. The van der Waals surface area contributed by atoms with Crippen LogP contribution in [0.4, 0.5) is 11.5 Å². The van der Waals surface area contributed by atoms with Gasteiger partial charge in [0.1, 0.15) is 17.6 Å². The molecule has 0 unspecified atom stereocenters. The molecular weight excluding hydrogens is 355 g/mol. The monoisotopic (exact) mass is 376 g/mol. The fourth-order valence-corrected chi connectivity index (χ4v) is 4.29. The van der Waals surface area contributed by atoms with Crippen molar-refractivity contribution in [3.63, 3.8) is 0 Å². The Balaban J connectivity index is 2.02. The number of nitrogens with zero attached hydrogens (tertiary/aromatic N) is 3. The standard InChI is InChI=1S/C19H22Cl2N4/c1-12-5-13(2)10-24(9-12)19-18(23)7-16(8-22)25(19)11-14-3-4-15(20)6-17(14)21/h3-4,6-7,12-13H,5,9-11,23H2,1-2H3/t12-,13-/m1/s1. The van der Waals surface area contributed by atoms with Gasteiger partial charge in [-0.25, -0.2) is 0 Å². The van der Waals surface area contributed by atoms with Gasteiger partial charge in [-0.2, -0.15) is 5.26 Å². The van der Waals surface area contributed by atoms with Crippen LogP contribution in [-0.2, 0) is 6.54 Å². The van der Waals surface area contributed by atoms with Gasteiger partial charge in [0.25, 0.3) is 0 Å². The zero-order chi connectivity index (χ0) is 18.1. The van der Waals surface area contributed by atoms with Crippen LogP contribution in [0.1, 0.15) is 31.5 Å². The summed E-state index contributed by atoms with van der Waals surface area (Å²) in [6.45, 7) is 6.89. The van der Waals surface area contributed by atoms with E-state index in [0.29, 0.717) is 39.8 Å². The summed E-state index contributed by atoms with van der Waals surface area (Å²) in [5, 5.41) is 10.7. The number of halogens is 2. The number of benzene rings is 1. The second-order valence-electron chi connectivity index (χ2n) is 7.09. The molecule has 1 aliphatic heterocycles. The van der Waals surface area contributed by atoms with Crippen LogP contribution in [0.3, 0.4) is 0 Å². The Labute approximate surface area is 158 Å². The molecule has 2 N–H and O–H groups in total. The van der Waals surface area contributed by atoms with Crippen LogP contribution in [0.25, 0.3) is 0 Å². The SMILES string of the molecule is C[C@@H]1C[C@@H](C)CN(c2c(N)cc(C#N)n2Cc2ccc(Cl)cc2Cl)C1. The molecule has 132 valence electrons. The third-order valence-corrected chi connectivity index (χ3v) is 5.31. The number of piperidine rings is 1. The van der Waals surface area contributed by atoms with Crippen LogP contribution in [0.5, 0.6) is 0 Å². The fraction of sp³-hybridized carbons (Fsp3) is 0.421. The van der Waals surface area contributed by atoms with Crippen molar-refractivity contribution >= 4 is 34.7 Å². The molecule has 2 aromatic rings. The highest BCUT2D eigenvalue weighted by Crippen LogP contribution is 2.34. The number of nitrogens with two attached hydrogens (primary N) is 1. The Hall–Kier alpha value is -1.83. The topological polar surface area (TPSA) is 58.0 Å². The lowest BCUT2D eigenvalue weighted by Crippen LogP contribution is -2.40. The van der Waals surface area contributed by atoms with Gasteiger partial charge in [0.05, 0.1) is 12.2 Å². The first-order valence-electron chi connectivity index (χ1n) is 8.47. The summed E-state index contributed by atoms with van der Waals surface area (Å²) in [4.78, 5) is 2.30. The Morgan fingerprint density at radius 3 is 2.48 bits per heavy atom. The van der Waals surface area contributed by atoms with Crippen LogP contribution in [0, 0.1) is 23.2 Å². The van der Waals surface area contributed by atoms with E-state index in [2.05, 4.69) is 24.8 Å². The molecule has 1 fully saturated rings. The molecule has 6 heteroatoms. The molecule has 3 rings (SSSR count). The highest BCUT2D eigenvalue weighted by molar-refractivity contribution is 6.35. The number of rotatable bonds is 3. The summed E-state index contributed by atoms with van der Waals surface area (Å²) in [6.07, 6.45) is 1.21. The smallest absolute Gasteiger partial charge is 0.133 e. The molecule has 0 spiro atoms. The molecule has 1 aromatic carbocycles. The molecule has 1 aliphatic rings. The van der Waals surface area contributed by atoms with Gasteiger partial charge in [-0.3, -0.25) is 0 Å². The minimum atomic E-state index is 0.491. The van der Waals surface area contributed by atoms with Gasteiger partial charge >= 0.3 is 0 Å². The molecule has 0 saturated carbocycles. The van der Waals surface area contributed by atoms with E-state index in [9.17, 15) is 5.26 Å². The van der Waals surface area contributed by atoms with E-state index < -0.39 is 0 Å². The predicted molar refractivity (Wildman–Crippen MR) is 104 cm³/mol. The van der Waals surface area contributed by atoms with Crippen LogP contribution in [0.2, 0.25) is 10.0 Å². The zero-order valence-electron chi connectivity index (χ0n) is 14.5. The number of anilines is 2. The zero-order valence-corrected chi connectivity index (χ0v) is 16.0. The minimum Gasteiger partial charge on any atom is -0.396 e. The molecule has 25 heavy (non-hydrogen) atoms. The Morgan fingerprint density at radius 2 is 1.88 bits per heavy atom. The fourth-order valence-electron chi connectivity index (χ4n) is 3.82. The van der Waals surface area contributed by atoms with Crippen LogP contribution >= 0.6 is 23.2 Å². The molecule has 4 nitrogen and oxygen atoms in total. The lowest BCUT2D eigenvalue weighted by molar-refractivity contribution is 0.353. The van der Waals surface area contributed by atoms with E-state index in [1.807, 2.05) is 16.7 Å². The molecule has 0 bridgehead atoms. The normalized spacial score (nSPS) is 20.5. The maximum atomic E-state index is 9.55. The van der Waals surface area contributed by atoms with Gasteiger partial charge in [0.15, 0.2) is 0 Å². The first-order valence-corrected chi connectivity index (χ1v) is 9.22. The molecular formula is C19H22Cl2N4. The summed E-state index contributed by atoms with van der Waals surface area (Å²) in [5.74, 6) is 2.10. The second-order valence-corrected chi connectivity index (χ2v) is 7.94. The number of hydrogen-bond donors (Lipinski definition) is 1. The number of hydrogen-bond acceptors (Lipinski definition) is 3. The van der Waals surface area contributed by atoms with Gasteiger partial charge in [0, 0.05) is 23.1 Å². The number of nitrogen functional groups attached to an aromatic ring is 1. The first-order chi connectivity index (χ1) is 11.9. The third-order valence-electron chi connectivity index (χ3n) is 4.72. The van der Waals surface area contributed by atoms with Crippen LogP contribution in [0.15, 0.2) is 24.3 Å². The van der Waals surface area contributed by atoms with Crippen molar-refractivity contribution in [1.82, 2.24) is 4.57 Å². The molecule has 1 aromatic heterocycles. The average molecular weight is 377 g/mol. The molecule has 2 heterocycles. The Bertz CT molecular complexity index is 812. The van der Waals surface area contributed by atoms with Crippen molar-refractivity contribution in [3.8, 4) is 6.07 Å². The van der Waals surface area contributed by atoms with E-state index in [4.69, 9.17) is 28.9 Å². The summed E-state index contributed by atoms with van der Waals surface area (Å²) >= 11 is 12.3. The van der Waals surface area contributed by atoms with E-state index in [1.165, 1.54) is 6.42 Å². The van der Waals surface area contributed by atoms with E-state index in [-0.39, 0.29) is 0 Å². The Morgan fingerprint density at radius 1 is 1.20 bits per heavy atom. The largest absolute Gasteiger partial charge is 0.396 e. The molecule has 1 saturated heterocycles. The summed E-state index contributed by atoms with van der Waals surface area (Å²) in [5.41, 5.74) is 8.39. The summed E-state index contributed by atoms with van der Waals surface area (Å²) < 4.78 is 1.97.